The fraction of sp³-hybridized carbons (Fsp3) is 0.435. The second kappa shape index (κ2) is 10.9. The average Bonchev–Trinajstić information content (AvgIpc) is 2.77. The van der Waals surface area contributed by atoms with Crippen LogP contribution in [0.25, 0.3) is 0 Å². The molecule has 0 radical (unpaired) electrons. The molecule has 0 amide bonds. The number of aryl methyl sites for hydroxylation is 1. The smallest absolute Gasteiger partial charge is 0.294 e. The van der Waals surface area contributed by atoms with Crippen molar-refractivity contribution in [2.45, 2.75) is 24.2 Å². The maximum atomic E-state index is 12.9. The van der Waals surface area contributed by atoms with E-state index < -0.39 is 10.1 Å². The summed E-state index contributed by atoms with van der Waals surface area (Å²) in [7, 11) is -2.30. The molecule has 2 aromatic carbocycles. The van der Waals surface area contributed by atoms with E-state index in [0.29, 0.717) is 31.7 Å². The van der Waals surface area contributed by atoms with Crippen molar-refractivity contribution in [3.8, 4) is 0 Å². The fourth-order valence-corrected chi connectivity index (χ4v) is 4.61. The molecule has 168 valence electrons. The summed E-state index contributed by atoms with van der Waals surface area (Å²) in [6, 6.07) is 14.2. The summed E-state index contributed by atoms with van der Waals surface area (Å²) < 4.78 is 37.8. The first-order valence-electron chi connectivity index (χ1n) is 10.5. The molecule has 0 unspecified atom stereocenters. The molecule has 8 heteroatoms. The highest BCUT2D eigenvalue weighted by Gasteiger charge is 2.19. The predicted octanol–water partition coefficient (Wildman–Crippen LogP) is 2.91. The van der Waals surface area contributed by atoms with Gasteiger partial charge in [0.25, 0.3) is 10.1 Å². The predicted molar refractivity (Wildman–Crippen MR) is 120 cm³/mol. The van der Waals surface area contributed by atoms with Crippen LogP contribution in [0.2, 0.25) is 0 Å². The number of carbonyl (C=O) groups is 1. The van der Waals surface area contributed by atoms with E-state index in [2.05, 4.69) is 4.90 Å². The van der Waals surface area contributed by atoms with Crippen LogP contribution in [-0.2, 0) is 21.3 Å². The number of hydrogen-bond donors (Lipinski definition) is 1. The Hall–Kier alpha value is -2.26. The van der Waals surface area contributed by atoms with Crippen LogP contribution in [0.15, 0.2) is 53.4 Å². The maximum Gasteiger partial charge on any atom is 0.294 e. The minimum absolute atomic E-state index is 0.0294. The first kappa shape index (κ1) is 23.4. The molecule has 0 aromatic heterocycles. The topological polar surface area (TPSA) is 87.2 Å². The van der Waals surface area contributed by atoms with Crippen molar-refractivity contribution < 1.29 is 22.5 Å². The minimum atomic E-state index is -4.21. The lowest BCUT2D eigenvalue weighted by Crippen LogP contribution is -2.37. The third kappa shape index (κ3) is 6.61. The lowest BCUT2D eigenvalue weighted by molar-refractivity contribution is 0.0944. The normalized spacial score (nSPS) is 14.7. The number of benzene rings is 2. The summed E-state index contributed by atoms with van der Waals surface area (Å²) in [5.41, 5.74) is 2.31. The van der Waals surface area contributed by atoms with Gasteiger partial charge in [-0.25, -0.2) is 0 Å². The Morgan fingerprint density at radius 3 is 2.48 bits per heavy atom. The van der Waals surface area contributed by atoms with Crippen molar-refractivity contribution in [2.24, 2.45) is 0 Å². The van der Waals surface area contributed by atoms with Gasteiger partial charge in [-0.2, -0.15) is 8.42 Å². The van der Waals surface area contributed by atoms with Crippen molar-refractivity contribution in [3.63, 3.8) is 0 Å². The van der Waals surface area contributed by atoms with Gasteiger partial charge in [-0.05, 0) is 56.6 Å². The Balaban J connectivity index is 1.51. The van der Waals surface area contributed by atoms with Crippen molar-refractivity contribution in [1.82, 2.24) is 4.90 Å². The Bertz CT molecular complexity index is 987. The average molecular weight is 447 g/mol. The van der Waals surface area contributed by atoms with Gasteiger partial charge in [0.2, 0.25) is 0 Å². The number of nitrogens with zero attached hydrogens (tertiary/aromatic N) is 2. The lowest BCUT2D eigenvalue weighted by Gasteiger charge is -2.30. The maximum absolute atomic E-state index is 12.9. The van der Waals surface area contributed by atoms with Crippen LogP contribution in [0.5, 0.6) is 0 Å². The van der Waals surface area contributed by atoms with Gasteiger partial charge in [-0.15, -0.1) is 0 Å². The molecule has 1 aliphatic rings. The summed E-state index contributed by atoms with van der Waals surface area (Å²) in [6.07, 6.45) is 2.13. The van der Waals surface area contributed by atoms with Gasteiger partial charge >= 0.3 is 0 Å². The summed E-state index contributed by atoms with van der Waals surface area (Å²) in [6.45, 7) is 3.95. The number of Topliss-reactive ketones (excluding diaryl/α,β-unsaturated/α-hetero) is 1. The molecule has 31 heavy (non-hydrogen) atoms. The number of unbranched alkanes of at least 4 members (excludes halogenated alkanes) is 1. The monoisotopic (exact) mass is 446 g/mol. The van der Waals surface area contributed by atoms with Crippen LogP contribution < -0.4 is 4.90 Å². The molecule has 1 saturated heterocycles. The third-order valence-corrected chi connectivity index (χ3v) is 6.41. The summed E-state index contributed by atoms with van der Waals surface area (Å²) in [5, 5.41) is 0. The van der Waals surface area contributed by atoms with Gasteiger partial charge in [0.15, 0.2) is 5.78 Å². The standard InChI is InChI=1S/C23H30N2O5S/c1-24(13-7-6-9-19-8-2-5-12-23(19)31(27,28)29)18-22(26)20-10-3-4-11-21(20)25-14-16-30-17-15-25/h2-5,8,10-12H,6-7,9,13-18H2,1H3,(H,27,28,29). The number of hydrogen-bond acceptors (Lipinski definition) is 6. The molecular weight excluding hydrogens is 416 g/mol. The van der Waals surface area contributed by atoms with Gasteiger partial charge < -0.3 is 9.64 Å². The highest BCUT2D eigenvalue weighted by molar-refractivity contribution is 7.85. The lowest BCUT2D eigenvalue weighted by atomic mass is 10.1. The highest BCUT2D eigenvalue weighted by Crippen LogP contribution is 2.22. The number of ketones is 1. The molecule has 3 rings (SSSR count). The van der Waals surface area contributed by atoms with Crippen molar-refractivity contribution in [1.29, 1.82) is 0 Å². The van der Waals surface area contributed by atoms with E-state index in [0.717, 1.165) is 43.7 Å². The van der Waals surface area contributed by atoms with Crippen molar-refractivity contribution >= 4 is 21.6 Å². The summed E-state index contributed by atoms with van der Waals surface area (Å²) >= 11 is 0. The minimum Gasteiger partial charge on any atom is -0.378 e. The first-order chi connectivity index (χ1) is 14.9. The Labute approximate surface area is 184 Å². The largest absolute Gasteiger partial charge is 0.378 e. The number of rotatable bonds is 10. The second-order valence-corrected chi connectivity index (χ2v) is 9.21. The van der Waals surface area contributed by atoms with Gasteiger partial charge in [0, 0.05) is 24.3 Å². The van der Waals surface area contributed by atoms with Crippen molar-refractivity contribution in [2.75, 3.05) is 51.3 Å². The molecule has 1 fully saturated rings. The molecular formula is C23H30N2O5S. The Morgan fingerprint density at radius 1 is 1.06 bits per heavy atom. The van der Waals surface area contributed by atoms with E-state index in [1.165, 1.54) is 6.07 Å². The third-order valence-electron chi connectivity index (χ3n) is 5.46. The molecule has 0 spiro atoms. The number of para-hydroxylation sites is 1. The van der Waals surface area contributed by atoms with Crippen LogP contribution >= 0.6 is 0 Å². The summed E-state index contributed by atoms with van der Waals surface area (Å²) in [5.74, 6) is 0.0845. The molecule has 1 heterocycles. The number of ether oxygens (including phenoxy) is 1. The number of likely N-dealkylation sites (N-methyl/N-ethyl adjacent to an activating group) is 1. The Kier molecular flexibility index (Phi) is 8.20. The molecule has 0 bridgehead atoms. The van der Waals surface area contributed by atoms with E-state index in [1.54, 1.807) is 18.2 Å². The zero-order valence-corrected chi connectivity index (χ0v) is 18.7. The SMILES string of the molecule is CN(CCCCc1ccccc1S(=O)(=O)O)CC(=O)c1ccccc1N1CCOCC1. The van der Waals surface area contributed by atoms with E-state index in [9.17, 15) is 17.8 Å². The molecule has 1 aliphatic heterocycles. The first-order valence-corrected chi connectivity index (χ1v) is 12.0. The van der Waals surface area contributed by atoms with E-state index in [4.69, 9.17) is 4.74 Å². The van der Waals surface area contributed by atoms with Crippen LogP contribution in [0.4, 0.5) is 5.69 Å². The van der Waals surface area contributed by atoms with E-state index >= 15 is 0 Å². The number of morpholine rings is 1. The van der Waals surface area contributed by atoms with Gasteiger partial charge in [0.05, 0.1) is 24.7 Å². The molecule has 2 aromatic rings. The molecule has 0 saturated carbocycles. The zero-order chi connectivity index (χ0) is 22.3. The quantitative estimate of drug-likeness (QED) is 0.341. The molecule has 0 atom stereocenters. The van der Waals surface area contributed by atoms with E-state index in [1.807, 2.05) is 36.2 Å². The van der Waals surface area contributed by atoms with Crippen LogP contribution in [0.3, 0.4) is 0 Å². The summed E-state index contributed by atoms with van der Waals surface area (Å²) in [4.78, 5) is 17.1. The molecule has 1 N–H and O–H groups in total. The second-order valence-electron chi connectivity index (χ2n) is 7.82. The zero-order valence-electron chi connectivity index (χ0n) is 17.9. The van der Waals surface area contributed by atoms with Crippen LogP contribution in [0, 0.1) is 0 Å². The molecule has 7 nitrogen and oxygen atoms in total. The van der Waals surface area contributed by atoms with Crippen LogP contribution in [-0.4, -0.2) is 70.1 Å². The van der Waals surface area contributed by atoms with Gasteiger partial charge in [-0.1, -0.05) is 30.3 Å². The Morgan fingerprint density at radius 2 is 1.74 bits per heavy atom. The number of anilines is 1. The molecule has 0 aliphatic carbocycles. The number of carbonyl (C=O) groups excluding carboxylic acids is 1. The highest BCUT2D eigenvalue weighted by atomic mass is 32.2. The van der Waals surface area contributed by atoms with Crippen molar-refractivity contribution in [3.05, 3.63) is 59.7 Å². The van der Waals surface area contributed by atoms with Crippen LogP contribution in [0.1, 0.15) is 28.8 Å². The van der Waals surface area contributed by atoms with E-state index in [-0.39, 0.29) is 10.7 Å². The fourth-order valence-electron chi connectivity index (χ4n) is 3.86. The van der Waals surface area contributed by atoms with Gasteiger partial charge in [-0.3, -0.25) is 14.2 Å². The van der Waals surface area contributed by atoms with Gasteiger partial charge in [0.1, 0.15) is 0 Å².